The monoisotopic (exact) mass is 407 g/mol. The summed E-state index contributed by atoms with van der Waals surface area (Å²) in [4.78, 5) is 23.2. The van der Waals surface area contributed by atoms with Gasteiger partial charge in [0, 0.05) is 30.4 Å². The van der Waals surface area contributed by atoms with Crippen molar-refractivity contribution in [3.05, 3.63) is 69.3 Å². The van der Waals surface area contributed by atoms with Gasteiger partial charge in [-0.05, 0) is 36.6 Å². The third-order valence-electron chi connectivity index (χ3n) is 4.91. The quantitative estimate of drug-likeness (QED) is 0.527. The smallest absolute Gasteiger partial charge is 0.382 e. The van der Waals surface area contributed by atoms with Crippen LogP contribution in [0.15, 0.2) is 42.5 Å². The van der Waals surface area contributed by atoms with Gasteiger partial charge in [0.25, 0.3) is 11.6 Å². The van der Waals surface area contributed by atoms with Crippen LogP contribution in [0.5, 0.6) is 0 Å². The van der Waals surface area contributed by atoms with Crippen LogP contribution in [0.4, 0.5) is 24.5 Å². The Hall–Kier alpha value is -3.10. The Kier molecular flexibility index (Phi) is 6.05. The van der Waals surface area contributed by atoms with E-state index in [4.69, 9.17) is 0 Å². The van der Waals surface area contributed by atoms with E-state index >= 15 is 0 Å². The Labute approximate surface area is 165 Å². The van der Waals surface area contributed by atoms with Crippen molar-refractivity contribution < 1.29 is 22.9 Å². The SMILES string of the molecule is O=C(NCc1ccc(C(F)(F)F)cc1)c1cc([N+](=O)[O-])ccc1NC1CCCC1. The van der Waals surface area contributed by atoms with Crippen LogP contribution in [0.25, 0.3) is 0 Å². The van der Waals surface area contributed by atoms with Crippen molar-refractivity contribution in [2.24, 2.45) is 0 Å². The first-order chi connectivity index (χ1) is 13.7. The Morgan fingerprint density at radius 1 is 1.10 bits per heavy atom. The highest BCUT2D eigenvalue weighted by Gasteiger charge is 2.30. The molecule has 0 radical (unpaired) electrons. The molecule has 2 aromatic rings. The molecule has 1 fully saturated rings. The van der Waals surface area contributed by atoms with Crippen molar-refractivity contribution in [1.29, 1.82) is 0 Å². The number of amides is 1. The van der Waals surface area contributed by atoms with Gasteiger partial charge in [-0.2, -0.15) is 13.2 Å². The van der Waals surface area contributed by atoms with Crippen LogP contribution in [0.1, 0.15) is 47.2 Å². The van der Waals surface area contributed by atoms with Crippen LogP contribution in [0.2, 0.25) is 0 Å². The van der Waals surface area contributed by atoms with Crippen molar-refractivity contribution in [2.75, 3.05) is 5.32 Å². The van der Waals surface area contributed by atoms with E-state index in [1.165, 1.54) is 30.3 Å². The molecule has 1 saturated carbocycles. The van der Waals surface area contributed by atoms with E-state index in [0.717, 1.165) is 37.8 Å². The van der Waals surface area contributed by atoms with Crippen molar-refractivity contribution >= 4 is 17.3 Å². The predicted octanol–water partition coefficient (Wildman–Crippen LogP) is 4.90. The zero-order valence-electron chi connectivity index (χ0n) is 15.5. The number of alkyl halides is 3. The van der Waals surface area contributed by atoms with Gasteiger partial charge in [0.05, 0.1) is 16.1 Å². The van der Waals surface area contributed by atoms with E-state index in [1.54, 1.807) is 0 Å². The highest BCUT2D eigenvalue weighted by atomic mass is 19.4. The number of nitro benzene ring substituents is 1. The summed E-state index contributed by atoms with van der Waals surface area (Å²) in [5, 5.41) is 17.0. The van der Waals surface area contributed by atoms with Gasteiger partial charge in [-0.25, -0.2) is 0 Å². The number of hydrogen-bond donors (Lipinski definition) is 2. The number of non-ortho nitro benzene ring substituents is 1. The lowest BCUT2D eigenvalue weighted by Crippen LogP contribution is -2.25. The van der Waals surface area contributed by atoms with E-state index in [9.17, 15) is 28.1 Å². The van der Waals surface area contributed by atoms with Gasteiger partial charge in [-0.1, -0.05) is 25.0 Å². The molecular weight excluding hydrogens is 387 g/mol. The van der Waals surface area contributed by atoms with Gasteiger partial charge >= 0.3 is 6.18 Å². The minimum Gasteiger partial charge on any atom is -0.382 e. The van der Waals surface area contributed by atoms with Crippen molar-refractivity contribution in [3.63, 3.8) is 0 Å². The number of hydrogen-bond acceptors (Lipinski definition) is 4. The van der Waals surface area contributed by atoms with Crippen molar-refractivity contribution in [2.45, 2.75) is 44.4 Å². The van der Waals surface area contributed by atoms with Gasteiger partial charge in [0.1, 0.15) is 0 Å². The first-order valence-electron chi connectivity index (χ1n) is 9.23. The molecule has 0 atom stereocenters. The maximum Gasteiger partial charge on any atom is 0.416 e. The molecule has 0 heterocycles. The third-order valence-corrected chi connectivity index (χ3v) is 4.91. The summed E-state index contributed by atoms with van der Waals surface area (Å²) in [6.07, 6.45) is -0.334. The van der Waals surface area contributed by atoms with Gasteiger partial charge in [-0.15, -0.1) is 0 Å². The molecule has 0 aliphatic heterocycles. The standard InChI is InChI=1S/C20H20F3N3O3/c21-20(22,23)14-7-5-13(6-8-14)12-24-19(27)17-11-16(26(28)29)9-10-18(17)25-15-3-1-2-4-15/h5-11,15,25H,1-4,12H2,(H,24,27). The van der Waals surface area contributed by atoms with Crippen LogP contribution in [0, 0.1) is 10.1 Å². The lowest BCUT2D eigenvalue weighted by Gasteiger charge is -2.17. The molecule has 2 aromatic carbocycles. The first-order valence-corrected chi connectivity index (χ1v) is 9.23. The number of rotatable bonds is 6. The molecule has 9 heteroatoms. The Morgan fingerprint density at radius 3 is 2.34 bits per heavy atom. The fraction of sp³-hybridized carbons (Fsp3) is 0.350. The molecular formula is C20H20F3N3O3. The summed E-state index contributed by atoms with van der Waals surface area (Å²) in [7, 11) is 0. The maximum absolute atomic E-state index is 12.7. The lowest BCUT2D eigenvalue weighted by molar-refractivity contribution is -0.384. The maximum atomic E-state index is 12.7. The molecule has 2 N–H and O–H groups in total. The van der Waals surface area contributed by atoms with Crippen molar-refractivity contribution in [3.8, 4) is 0 Å². The number of carbonyl (C=O) groups is 1. The third kappa shape index (κ3) is 5.24. The Balaban J connectivity index is 1.74. The molecule has 3 rings (SSSR count). The summed E-state index contributed by atoms with van der Waals surface area (Å²) in [5.74, 6) is -0.533. The second-order valence-electron chi connectivity index (χ2n) is 6.99. The number of nitrogens with one attached hydrogen (secondary N) is 2. The van der Waals surface area contributed by atoms with Gasteiger partial charge in [-0.3, -0.25) is 14.9 Å². The molecule has 0 unspecified atom stereocenters. The second kappa shape index (κ2) is 8.50. The fourth-order valence-corrected chi connectivity index (χ4v) is 3.34. The molecule has 6 nitrogen and oxygen atoms in total. The van der Waals surface area contributed by atoms with Crippen LogP contribution in [-0.2, 0) is 12.7 Å². The van der Waals surface area contributed by atoms with Gasteiger partial charge in [0.15, 0.2) is 0 Å². The topological polar surface area (TPSA) is 84.3 Å². The van der Waals surface area contributed by atoms with Gasteiger partial charge in [0.2, 0.25) is 0 Å². The summed E-state index contributed by atoms with van der Waals surface area (Å²) in [5.41, 5.74) is 0.156. The van der Waals surface area contributed by atoms with Crippen LogP contribution < -0.4 is 10.6 Å². The minimum atomic E-state index is -4.43. The predicted molar refractivity (Wildman–Crippen MR) is 102 cm³/mol. The van der Waals surface area contributed by atoms with Gasteiger partial charge < -0.3 is 10.6 Å². The zero-order valence-corrected chi connectivity index (χ0v) is 15.5. The fourth-order valence-electron chi connectivity index (χ4n) is 3.34. The normalized spacial score (nSPS) is 14.6. The molecule has 1 aliphatic carbocycles. The van der Waals surface area contributed by atoms with E-state index in [2.05, 4.69) is 10.6 Å². The average molecular weight is 407 g/mol. The lowest BCUT2D eigenvalue weighted by atomic mass is 10.1. The van der Waals surface area contributed by atoms with E-state index in [-0.39, 0.29) is 23.8 Å². The average Bonchev–Trinajstić information content (AvgIpc) is 3.19. The number of carbonyl (C=O) groups excluding carboxylic acids is 1. The second-order valence-corrected chi connectivity index (χ2v) is 6.99. The first kappa shape index (κ1) is 20.6. The zero-order chi connectivity index (χ0) is 21.0. The molecule has 0 aromatic heterocycles. The van der Waals surface area contributed by atoms with Crippen LogP contribution >= 0.6 is 0 Å². The van der Waals surface area contributed by atoms with Crippen molar-refractivity contribution in [1.82, 2.24) is 5.32 Å². The number of benzene rings is 2. The highest BCUT2D eigenvalue weighted by Crippen LogP contribution is 2.29. The highest BCUT2D eigenvalue weighted by molar-refractivity contribution is 6.00. The number of nitrogens with zero attached hydrogens (tertiary/aromatic N) is 1. The molecule has 154 valence electrons. The van der Waals surface area contributed by atoms with E-state index in [1.807, 2.05) is 0 Å². The van der Waals surface area contributed by atoms with Crippen LogP contribution in [-0.4, -0.2) is 16.9 Å². The molecule has 1 amide bonds. The van der Waals surface area contributed by atoms with E-state index < -0.39 is 22.6 Å². The van der Waals surface area contributed by atoms with Crippen LogP contribution in [0.3, 0.4) is 0 Å². The molecule has 0 bridgehead atoms. The summed E-state index contributed by atoms with van der Waals surface area (Å²) in [6, 6.07) is 8.73. The molecule has 29 heavy (non-hydrogen) atoms. The molecule has 0 spiro atoms. The molecule has 1 aliphatic rings. The summed E-state index contributed by atoms with van der Waals surface area (Å²) in [6.45, 7) is 0.00251. The Bertz CT molecular complexity index is 892. The van der Waals surface area contributed by atoms with E-state index in [0.29, 0.717) is 11.3 Å². The number of anilines is 1. The number of nitro groups is 1. The number of halogens is 3. The molecule has 0 saturated heterocycles. The summed E-state index contributed by atoms with van der Waals surface area (Å²) < 4.78 is 37.9. The Morgan fingerprint density at radius 2 is 1.76 bits per heavy atom. The summed E-state index contributed by atoms with van der Waals surface area (Å²) >= 11 is 0. The minimum absolute atomic E-state index is 0.00251. The largest absolute Gasteiger partial charge is 0.416 e.